The van der Waals surface area contributed by atoms with E-state index in [4.69, 9.17) is 0 Å². The smallest absolute Gasteiger partial charge is 0.0214 e. The molecule has 1 rings (SSSR count). The molecule has 0 aromatic carbocycles. The van der Waals surface area contributed by atoms with Crippen molar-refractivity contribution in [2.75, 3.05) is 19.8 Å². The predicted molar refractivity (Wildman–Crippen MR) is 53.3 cm³/mol. The maximum atomic E-state index is 4.32. The van der Waals surface area contributed by atoms with E-state index >= 15 is 0 Å². The van der Waals surface area contributed by atoms with E-state index in [1.54, 1.807) is 5.57 Å². The Labute approximate surface area is 74.9 Å². The van der Waals surface area contributed by atoms with Gasteiger partial charge in [0.25, 0.3) is 0 Å². The molecule has 0 radical (unpaired) electrons. The summed E-state index contributed by atoms with van der Waals surface area (Å²) >= 11 is 4.32. The molecule has 0 fully saturated rings. The first-order valence-corrected chi connectivity index (χ1v) is 4.82. The molecule has 1 aliphatic carbocycles. The highest BCUT2D eigenvalue weighted by Gasteiger charge is 2.14. The third-order valence-electron chi connectivity index (χ3n) is 2.34. The van der Waals surface area contributed by atoms with E-state index in [-0.39, 0.29) is 0 Å². The summed E-state index contributed by atoms with van der Waals surface area (Å²) in [5.74, 6) is 0.963. The highest BCUT2D eigenvalue weighted by molar-refractivity contribution is 7.80. The van der Waals surface area contributed by atoms with E-state index in [0.717, 1.165) is 5.75 Å². The lowest BCUT2D eigenvalue weighted by Gasteiger charge is -2.26. The van der Waals surface area contributed by atoms with Gasteiger partial charge in [0, 0.05) is 11.8 Å². The van der Waals surface area contributed by atoms with Gasteiger partial charge in [-0.25, -0.2) is 0 Å². The number of nitrogens with zero attached hydrogens (tertiary/aromatic N) is 1. The summed E-state index contributed by atoms with van der Waals surface area (Å²) in [5.41, 5.74) is 1.62. The van der Waals surface area contributed by atoms with Crippen LogP contribution in [0.4, 0.5) is 0 Å². The molecule has 0 aliphatic heterocycles. The van der Waals surface area contributed by atoms with E-state index < -0.39 is 0 Å². The summed E-state index contributed by atoms with van der Waals surface area (Å²) in [6, 6.07) is 0.630. The van der Waals surface area contributed by atoms with Crippen molar-refractivity contribution < 1.29 is 0 Å². The van der Waals surface area contributed by atoms with E-state index in [1.165, 1.54) is 19.3 Å². The molecule has 1 unspecified atom stereocenters. The molecule has 0 amide bonds. The van der Waals surface area contributed by atoms with Crippen molar-refractivity contribution in [1.29, 1.82) is 0 Å². The summed E-state index contributed by atoms with van der Waals surface area (Å²) in [4.78, 5) is 2.26. The molecule has 0 aromatic heterocycles. The molecular weight excluding hydrogens is 154 g/mol. The van der Waals surface area contributed by atoms with Crippen molar-refractivity contribution in [3.8, 4) is 0 Å². The highest BCUT2D eigenvalue weighted by Crippen LogP contribution is 2.24. The second-order valence-corrected chi connectivity index (χ2v) is 3.77. The van der Waals surface area contributed by atoms with Gasteiger partial charge in [-0.3, -0.25) is 0 Å². The average Bonchev–Trinajstić information content (AvgIpc) is 1.85. The van der Waals surface area contributed by atoms with Crippen molar-refractivity contribution in [2.24, 2.45) is 0 Å². The summed E-state index contributed by atoms with van der Waals surface area (Å²) in [5, 5.41) is 0. The predicted octanol–water partition coefficient (Wildman–Crippen LogP) is 1.96. The van der Waals surface area contributed by atoms with Crippen LogP contribution in [0.25, 0.3) is 0 Å². The Morgan fingerprint density at radius 2 is 2.27 bits per heavy atom. The molecule has 0 saturated heterocycles. The SMILES string of the molecule is CN(C)C(CS)CC1=CCC1. The van der Waals surface area contributed by atoms with Crippen LogP contribution in [0.1, 0.15) is 19.3 Å². The van der Waals surface area contributed by atoms with Crippen LogP contribution in [0.5, 0.6) is 0 Å². The molecule has 1 atom stereocenters. The van der Waals surface area contributed by atoms with Gasteiger partial charge in [-0.1, -0.05) is 11.6 Å². The Kier molecular flexibility index (Phi) is 3.46. The van der Waals surface area contributed by atoms with Gasteiger partial charge in [0.15, 0.2) is 0 Å². The third-order valence-corrected chi connectivity index (χ3v) is 2.76. The minimum Gasteiger partial charge on any atom is -0.305 e. The Morgan fingerprint density at radius 3 is 2.55 bits per heavy atom. The molecule has 0 bridgehead atoms. The number of thiol groups is 1. The first kappa shape index (κ1) is 9.14. The summed E-state index contributed by atoms with van der Waals surface area (Å²) in [6.07, 6.45) is 6.18. The van der Waals surface area contributed by atoms with Gasteiger partial charge in [-0.15, -0.1) is 0 Å². The number of allylic oxidation sites excluding steroid dienone is 1. The van der Waals surface area contributed by atoms with Crippen molar-refractivity contribution in [3.05, 3.63) is 11.6 Å². The fraction of sp³-hybridized carbons (Fsp3) is 0.778. The molecule has 0 aromatic rings. The van der Waals surface area contributed by atoms with Crippen LogP contribution in [0.15, 0.2) is 11.6 Å². The van der Waals surface area contributed by atoms with Gasteiger partial charge in [0.05, 0.1) is 0 Å². The van der Waals surface area contributed by atoms with E-state index in [9.17, 15) is 0 Å². The molecule has 0 heterocycles. The van der Waals surface area contributed by atoms with Gasteiger partial charge >= 0.3 is 0 Å². The second kappa shape index (κ2) is 4.17. The summed E-state index contributed by atoms with van der Waals surface area (Å²) in [7, 11) is 4.25. The highest BCUT2D eigenvalue weighted by atomic mass is 32.1. The zero-order valence-electron chi connectivity index (χ0n) is 7.38. The minimum absolute atomic E-state index is 0.630. The topological polar surface area (TPSA) is 3.24 Å². The number of hydrogen-bond donors (Lipinski definition) is 1. The molecule has 0 saturated carbocycles. The lowest BCUT2D eigenvalue weighted by Crippen LogP contribution is -2.30. The molecule has 11 heavy (non-hydrogen) atoms. The van der Waals surface area contributed by atoms with Crippen molar-refractivity contribution >= 4 is 12.6 Å². The van der Waals surface area contributed by atoms with Crippen LogP contribution in [-0.2, 0) is 0 Å². The standard InChI is InChI=1S/C9H17NS/c1-10(2)9(7-11)6-8-4-3-5-8/h4,9,11H,3,5-7H2,1-2H3. The summed E-state index contributed by atoms with van der Waals surface area (Å²) < 4.78 is 0. The Bertz CT molecular complexity index is 152. The fourth-order valence-electron chi connectivity index (χ4n) is 1.25. The summed E-state index contributed by atoms with van der Waals surface area (Å²) in [6.45, 7) is 0. The minimum atomic E-state index is 0.630. The molecule has 1 aliphatic rings. The van der Waals surface area contributed by atoms with Crippen molar-refractivity contribution in [2.45, 2.75) is 25.3 Å². The average molecular weight is 171 g/mol. The number of rotatable bonds is 4. The van der Waals surface area contributed by atoms with E-state index in [2.05, 4.69) is 37.7 Å². The van der Waals surface area contributed by atoms with Crippen LogP contribution < -0.4 is 0 Å². The zero-order chi connectivity index (χ0) is 8.27. The van der Waals surface area contributed by atoms with Gasteiger partial charge in [0.2, 0.25) is 0 Å². The van der Waals surface area contributed by atoms with Crippen LogP contribution in [0, 0.1) is 0 Å². The zero-order valence-corrected chi connectivity index (χ0v) is 8.27. The first-order chi connectivity index (χ1) is 5.24. The maximum absolute atomic E-state index is 4.32. The molecule has 1 nitrogen and oxygen atoms in total. The normalized spacial score (nSPS) is 19.5. The van der Waals surface area contributed by atoms with Crippen molar-refractivity contribution in [3.63, 3.8) is 0 Å². The lowest BCUT2D eigenvalue weighted by molar-refractivity contribution is 0.313. The van der Waals surface area contributed by atoms with Crippen molar-refractivity contribution in [1.82, 2.24) is 4.90 Å². The Balaban J connectivity index is 2.31. The molecule has 64 valence electrons. The largest absolute Gasteiger partial charge is 0.305 e. The van der Waals surface area contributed by atoms with E-state index in [1.807, 2.05) is 0 Å². The molecule has 0 spiro atoms. The van der Waals surface area contributed by atoms with Gasteiger partial charge in [-0.2, -0.15) is 12.6 Å². The third kappa shape index (κ3) is 2.53. The van der Waals surface area contributed by atoms with Gasteiger partial charge < -0.3 is 4.90 Å². The number of hydrogen-bond acceptors (Lipinski definition) is 2. The van der Waals surface area contributed by atoms with Gasteiger partial charge in [-0.05, 0) is 33.4 Å². The molecule has 2 heteroatoms. The lowest BCUT2D eigenvalue weighted by atomic mass is 9.93. The van der Waals surface area contributed by atoms with E-state index in [0.29, 0.717) is 6.04 Å². The Hall–Kier alpha value is 0.0500. The van der Waals surface area contributed by atoms with Crippen LogP contribution in [0.3, 0.4) is 0 Å². The second-order valence-electron chi connectivity index (χ2n) is 3.41. The first-order valence-electron chi connectivity index (χ1n) is 4.19. The fourth-order valence-corrected chi connectivity index (χ4v) is 1.70. The van der Waals surface area contributed by atoms with Crippen LogP contribution in [-0.4, -0.2) is 30.8 Å². The molecular formula is C9H17NS. The maximum Gasteiger partial charge on any atom is 0.0214 e. The quantitative estimate of drug-likeness (QED) is 0.500. The van der Waals surface area contributed by atoms with Crippen LogP contribution >= 0.6 is 12.6 Å². The monoisotopic (exact) mass is 171 g/mol. The van der Waals surface area contributed by atoms with Crippen LogP contribution in [0.2, 0.25) is 0 Å². The Morgan fingerprint density at radius 1 is 1.64 bits per heavy atom. The van der Waals surface area contributed by atoms with Gasteiger partial charge in [0.1, 0.15) is 0 Å². The molecule has 0 N–H and O–H groups in total.